The van der Waals surface area contributed by atoms with E-state index in [2.05, 4.69) is 19.9 Å². The van der Waals surface area contributed by atoms with Crippen LogP contribution in [0.5, 0.6) is 0 Å². The molecule has 0 unspecified atom stereocenters. The highest BCUT2D eigenvalue weighted by Gasteiger charge is 2.18. The van der Waals surface area contributed by atoms with E-state index in [1.165, 1.54) is 31.4 Å². The molecule has 0 aromatic carbocycles. The molecule has 46 heavy (non-hydrogen) atoms. The fraction of sp³-hybridized carbons (Fsp3) is 0.417. The lowest BCUT2D eigenvalue weighted by molar-refractivity contribution is -0.742. The fourth-order valence-corrected chi connectivity index (χ4v) is 6.15. The number of hydrogen-bond acceptors (Lipinski definition) is 16. The van der Waals surface area contributed by atoms with E-state index in [-0.39, 0.29) is 26.3 Å². The second-order valence-electron chi connectivity index (χ2n) is 8.73. The Balaban J connectivity index is 0.00000226. The van der Waals surface area contributed by atoms with Crippen LogP contribution in [0.15, 0.2) is 33.6 Å². The Bertz CT molecular complexity index is 1290. The molecule has 2 aromatic rings. The lowest BCUT2D eigenvalue weighted by atomic mass is 10.2. The molecule has 2 rings (SSSR count). The van der Waals surface area contributed by atoms with Gasteiger partial charge in [0.1, 0.15) is 23.3 Å². The lowest BCUT2D eigenvalue weighted by Gasteiger charge is -2.24. The summed E-state index contributed by atoms with van der Waals surface area (Å²) < 4.78 is 0. The molecule has 2 amide bonds. The van der Waals surface area contributed by atoms with Crippen LogP contribution in [-0.4, -0.2) is 86.6 Å². The molecule has 0 saturated heterocycles. The van der Waals surface area contributed by atoms with E-state index in [0.29, 0.717) is 71.5 Å². The van der Waals surface area contributed by atoms with Crippen LogP contribution in [0.2, 0.25) is 0 Å². The molecule has 8 N–H and O–H groups in total. The summed E-state index contributed by atoms with van der Waals surface area (Å²) in [6.45, 7) is 7.08. The Morgan fingerprint density at radius 2 is 1.11 bits per heavy atom. The first-order chi connectivity index (χ1) is 21.6. The van der Waals surface area contributed by atoms with Crippen molar-refractivity contribution in [3.8, 4) is 0 Å². The highest BCUT2D eigenvalue weighted by molar-refractivity contribution is 8.79. The quantitative estimate of drug-likeness (QED) is 0.0669. The smallest absolute Gasteiger partial charge is 0.291 e. The molecular weight excluding hydrogens is 652 g/mol. The topological polar surface area (TPSA) is 311 Å². The maximum atomic E-state index is 12.0. The molecule has 20 nitrogen and oxygen atoms in total. The molecule has 2 aromatic heterocycles. The van der Waals surface area contributed by atoms with Crippen LogP contribution in [0.4, 0.5) is 11.6 Å². The molecule has 22 heteroatoms. The minimum absolute atomic E-state index is 0.131. The van der Waals surface area contributed by atoms with Gasteiger partial charge in [-0.3, -0.25) is 9.59 Å². The summed E-state index contributed by atoms with van der Waals surface area (Å²) in [4.78, 5) is 61.7. The van der Waals surface area contributed by atoms with E-state index in [9.17, 15) is 19.8 Å². The van der Waals surface area contributed by atoms with Crippen LogP contribution in [0.25, 0.3) is 0 Å². The zero-order chi connectivity index (χ0) is 35.4. The van der Waals surface area contributed by atoms with Crippen molar-refractivity contribution < 1.29 is 40.4 Å². The number of nitrogens with two attached hydrogens (primary N) is 2. The largest absolute Gasteiger partial charge is 0.396 e. The van der Waals surface area contributed by atoms with Crippen LogP contribution in [0.1, 0.15) is 49.5 Å². The van der Waals surface area contributed by atoms with Gasteiger partial charge in [0.15, 0.2) is 0 Å². The number of aliphatic hydroxyl groups is 2. The SMILES string of the molecule is C/C(=C(\CCO)SS/C(CCO)=C(\C)N(C=O)Cc1cnc(C)nc1N)N(C=O)Cc1cnc(C)nc1N.O=[N+]([O-])O.O=[N+]([O-])O. The monoisotopic (exact) mass is 688 g/mol. The van der Waals surface area contributed by atoms with Gasteiger partial charge in [-0.15, -0.1) is 20.2 Å². The van der Waals surface area contributed by atoms with Gasteiger partial charge in [0.2, 0.25) is 12.8 Å². The lowest BCUT2D eigenvalue weighted by Crippen LogP contribution is -2.22. The Hall–Kier alpha value is -4.80. The Morgan fingerprint density at radius 1 is 0.804 bits per heavy atom. The van der Waals surface area contributed by atoms with Crippen molar-refractivity contribution in [2.45, 2.75) is 53.6 Å². The third-order valence-electron chi connectivity index (χ3n) is 5.56. The normalized spacial score (nSPS) is 11.3. The van der Waals surface area contributed by atoms with Gasteiger partial charge in [-0.05, 0) is 27.7 Å². The number of aliphatic hydroxyl groups excluding tert-OH is 2. The average molecular weight is 689 g/mol. The minimum atomic E-state index is -1.50. The van der Waals surface area contributed by atoms with Gasteiger partial charge in [0, 0.05) is 70.8 Å². The average Bonchev–Trinajstić information content (AvgIpc) is 2.96. The van der Waals surface area contributed by atoms with Gasteiger partial charge in [0.25, 0.3) is 10.2 Å². The van der Waals surface area contributed by atoms with Crippen LogP contribution in [0.3, 0.4) is 0 Å². The molecule has 0 saturated carbocycles. The number of allylic oxidation sites excluding steroid dienone is 2. The molecule has 0 spiro atoms. The number of nitrogen functional groups attached to an aromatic ring is 2. The molecule has 0 aliphatic rings. The second-order valence-corrected chi connectivity index (χ2v) is 11.0. The second kappa shape index (κ2) is 21.8. The number of carbonyl (C=O) groups is 2. The predicted molar refractivity (Wildman–Crippen MR) is 167 cm³/mol. The van der Waals surface area contributed by atoms with Crippen LogP contribution < -0.4 is 11.5 Å². The van der Waals surface area contributed by atoms with Crippen molar-refractivity contribution in [3.63, 3.8) is 0 Å². The van der Waals surface area contributed by atoms with Gasteiger partial charge in [0.05, 0.1) is 13.1 Å². The standard InChI is InChI=1S/C24H34N8O4S2.2HNO3/c1-15(31(13-35)11-19-9-27-17(3)29-23(19)25)21(5-7-33)37-38-22(6-8-34)16(2)32(14-36)12-20-10-28-18(4)30-24(20)26;2*2-1(3)4/h9-10,13-14,33-34H,5-8,11-12H2,1-4H3,(H2,25,27,29)(H2,26,28,30);2*(H,2,3,4)/b21-15-,22-16+;;. The van der Waals surface area contributed by atoms with Crippen molar-refractivity contribution >= 4 is 46.0 Å². The molecule has 0 fully saturated rings. The van der Waals surface area contributed by atoms with Crippen molar-refractivity contribution in [2.24, 2.45) is 0 Å². The van der Waals surface area contributed by atoms with Crippen molar-refractivity contribution in [3.05, 3.63) is 76.6 Å². The summed E-state index contributed by atoms with van der Waals surface area (Å²) in [6.07, 6.45) is 5.15. The maximum Gasteiger partial charge on any atom is 0.291 e. The van der Waals surface area contributed by atoms with E-state index in [1.807, 2.05) is 0 Å². The van der Waals surface area contributed by atoms with Gasteiger partial charge < -0.3 is 41.9 Å². The number of anilines is 2. The number of aromatic nitrogens is 4. The zero-order valence-electron chi connectivity index (χ0n) is 25.3. The van der Waals surface area contributed by atoms with Gasteiger partial charge in [-0.25, -0.2) is 19.9 Å². The minimum Gasteiger partial charge on any atom is -0.396 e. The number of hydrogen-bond donors (Lipinski definition) is 6. The predicted octanol–water partition coefficient (Wildman–Crippen LogP) is 1.58. The van der Waals surface area contributed by atoms with Gasteiger partial charge in [-0.2, -0.15) is 0 Å². The highest BCUT2D eigenvalue weighted by Crippen LogP contribution is 2.42. The Morgan fingerprint density at radius 3 is 1.35 bits per heavy atom. The number of aryl methyl sites for hydroxylation is 2. The summed E-state index contributed by atoms with van der Waals surface area (Å²) in [5, 5.41) is 46.6. The van der Waals surface area contributed by atoms with Crippen LogP contribution >= 0.6 is 21.6 Å². The Labute approximate surface area is 270 Å². The molecule has 254 valence electrons. The summed E-state index contributed by atoms with van der Waals surface area (Å²) in [5.74, 6) is 1.65. The van der Waals surface area contributed by atoms with E-state index in [1.54, 1.807) is 40.1 Å². The third kappa shape index (κ3) is 15.8. The number of amides is 2. The molecule has 0 radical (unpaired) electrons. The molecule has 0 atom stereocenters. The first kappa shape index (κ1) is 41.2. The van der Waals surface area contributed by atoms with E-state index in [4.69, 9.17) is 42.1 Å². The third-order valence-corrected chi connectivity index (χ3v) is 8.50. The molecule has 0 aliphatic heterocycles. The molecule has 2 heterocycles. The number of nitrogens with zero attached hydrogens (tertiary/aromatic N) is 8. The maximum absolute atomic E-state index is 12.0. The summed E-state index contributed by atoms with van der Waals surface area (Å²) >= 11 is 0. The Kier molecular flexibility index (Phi) is 19.5. The van der Waals surface area contributed by atoms with Crippen LogP contribution in [-0.2, 0) is 22.7 Å². The summed E-state index contributed by atoms with van der Waals surface area (Å²) in [7, 11) is 2.69. The van der Waals surface area contributed by atoms with Gasteiger partial charge in [-0.1, -0.05) is 21.6 Å². The summed E-state index contributed by atoms with van der Waals surface area (Å²) in [6, 6.07) is 0. The highest BCUT2D eigenvalue weighted by atomic mass is 33.1. The molecular formula is C24H36N10O10S2. The summed E-state index contributed by atoms with van der Waals surface area (Å²) in [5.41, 5.74) is 14.5. The fourth-order valence-electron chi connectivity index (χ4n) is 3.30. The van der Waals surface area contributed by atoms with E-state index < -0.39 is 10.2 Å². The van der Waals surface area contributed by atoms with Crippen molar-refractivity contribution in [1.29, 1.82) is 0 Å². The number of carbonyl (C=O) groups excluding carboxylic acids is 2. The first-order valence-electron chi connectivity index (χ1n) is 12.8. The zero-order valence-corrected chi connectivity index (χ0v) is 27.0. The number of rotatable bonds is 15. The van der Waals surface area contributed by atoms with Crippen molar-refractivity contribution in [1.82, 2.24) is 29.7 Å². The van der Waals surface area contributed by atoms with Crippen LogP contribution in [0, 0.1) is 34.1 Å². The van der Waals surface area contributed by atoms with Crippen molar-refractivity contribution in [2.75, 3.05) is 24.7 Å². The molecule has 0 aliphatic carbocycles. The van der Waals surface area contributed by atoms with Gasteiger partial charge >= 0.3 is 0 Å². The molecule has 0 bridgehead atoms. The van der Waals surface area contributed by atoms with E-state index in [0.717, 1.165) is 9.81 Å². The van der Waals surface area contributed by atoms with E-state index >= 15 is 0 Å². The first-order valence-corrected chi connectivity index (χ1v) is 15.0.